The van der Waals surface area contributed by atoms with Crippen molar-refractivity contribution in [2.45, 2.75) is 46.1 Å². The van der Waals surface area contributed by atoms with Crippen LogP contribution in [0.5, 0.6) is 0 Å². The van der Waals surface area contributed by atoms with Crippen molar-refractivity contribution in [2.75, 3.05) is 6.54 Å². The van der Waals surface area contributed by atoms with Crippen molar-refractivity contribution in [3.63, 3.8) is 0 Å². The van der Waals surface area contributed by atoms with E-state index in [-0.39, 0.29) is 11.8 Å². The molecule has 1 amide bonds. The number of amides is 1. The second kappa shape index (κ2) is 9.36. The first-order valence-corrected chi connectivity index (χ1v) is 9.98. The molecule has 0 spiro atoms. The summed E-state index contributed by atoms with van der Waals surface area (Å²) in [5.41, 5.74) is 3.46. The number of fused-ring (bicyclic) bond motifs is 1. The molecule has 27 heavy (non-hydrogen) atoms. The molecule has 0 saturated carbocycles. The van der Waals surface area contributed by atoms with Crippen LogP contribution >= 0.6 is 0 Å². The fourth-order valence-corrected chi connectivity index (χ4v) is 3.52. The predicted octanol–water partition coefficient (Wildman–Crippen LogP) is 4.57. The first-order chi connectivity index (χ1) is 13.2. The Kier molecular flexibility index (Phi) is 6.64. The number of nitrogens with zero attached hydrogens (tertiary/aromatic N) is 2. The van der Waals surface area contributed by atoms with E-state index in [0.717, 1.165) is 49.1 Å². The zero-order chi connectivity index (χ0) is 19.1. The van der Waals surface area contributed by atoms with Crippen molar-refractivity contribution < 1.29 is 4.79 Å². The van der Waals surface area contributed by atoms with Crippen molar-refractivity contribution in [3.05, 3.63) is 66.0 Å². The van der Waals surface area contributed by atoms with Crippen molar-refractivity contribution in [3.8, 4) is 0 Å². The van der Waals surface area contributed by atoms with Gasteiger partial charge in [-0.2, -0.15) is 0 Å². The molecular formula is C23H29N3O. The Balaban J connectivity index is 1.69. The highest BCUT2D eigenvalue weighted by atomic mass is 16.1. The second-order valence-corrected chi connectivity index (χ2v) is 7.00. The number of benzene rings is 2. The number of hydrogen-bond acceptors (Lipinski definition) is 2. The minimum Gasteiger partial charge on any atom is -0.356 e. The summed E-state index contributed by atoms with van der Waals surface area (Å²) in [5, 5.41) is 3.08. The Hall–Kier alpha value is -2.62. The van der Waals surface area contributed by atoms with Crippen LogP contribution in [0.3, 0.4) is 0 Å². The fourth-order valence-electron chi connectivity index (χ4n) is 3.52. The lowest BCUT2D eigenvalue weighted by Crippen LogP contribution is -2.31. The van der Waals surface area contributed by atoms with E-state index in [2.05, 4.69) is 66.2 Å². The molecule has 0 aliphatic rings. The highest BCUT2D eigenvalue weighted by molar-refractivity contribution is 5.78. The molecule has 3 rings (SSSR count). The van der Waals surface area contributed by atoms with Crippen LogP contribution in [0.25, 0.3) is 11.0 Å². The molecule has 0 radical (unpaired) electrons. The Bertz CT molecular complexity index is 866. The van der Waals surface area contributed by atoms with Gasteiger partial charge in [0.15, 0.2) is 0 Å². The molecule has 2 aromatic carbocycles. The van der Waals surface area contributed by atoms with E-state index < -0.39 is 0 Å². The van der Waals surface area contributed by atoms with Gasteiger partial charge in [-0.3, -0.25) is 4.79 Å². The monoisotopic (exact) mass is 363 g/mol. The topological polar surface area (TPSA) is 46.9 Å². The molecule has 0 aliphatic carbocycles. The lowest BCUT2D eigenvalue weighted by molar-refractivity contribution is -0.125. The summed E-state index contributed by atoms with van der Waals surface area (Å²) in [6.45, 7) is 5.65. The maximum absolute atomic E-state index is 12.1. The molecule has 1 heterocycles. The largest absolute Gasteiger partial charge is 0.356 e. The minimum atomic E-state index is 0.132. The van der Waals surface area contributed by atoms with Crippen molar-refractivity contribution >= 4 is 16.9 Å². The van der Waals surface area contributed by atoms with Gasteiger partial charge in [-0.05, 0) is 37.0 Å². The Morgan fingerprint density at radius 1 is 1.04 bits per heavy atom. The number of carbonyl (C=O) groups is 1. The number of aromatic nitrogens is 2. The highest BCUT2D eigenvalue weighted by Gasteiger charge is 2.14. The summed E-state index contributed by atoms with van der Waals surface area (Å²) in [6.07, 6.45) is 3.54. The summed E-state index contributed by atoms with van der Waals surface area (Å²) < 4.78 is 2.30. The van der Waals surface area contributed by atoms with Gasteiger partial charge in [0.25, 0.3) is 0 Å². The van der Waals surface area contributed by atoms with Crippen LogP contribution in [0.4, 0.5) is 0 Å². The maximum Gasteiger partial charge on any atom is 0.223 e. The van der Waals surface area contributed by atoms with Crippen molar-refractivity contribution in [1.82, 2.24) is 14.9 Å². The Labute approximate surface area is 161 Å². The van der Waals surface area contributed by atoms with E-state index in [9.17, 15) is 4.79 Å². The van der Waals surface area contributed by atoms with Crippen LogP contribution in [0.2, 0.25) is 0 Å². The van der Waals surface area contributed by atoms with E-state index in [1.54, 1.807) is 0 Å². The molecule has 0 aliphatic heterocycles. The molecule has 1 aromatic heterocycles. The average molecular weight is 364 g/mol. The molecule has 3 aromatic rings. The van der Waals surface area contributed by atoms with E-state index in [1.807, 2.05) is 12.1 Å². The standard InChI is InChI=1S/C23H29N3O/c1-3-19(4-2)23(27)24-16-10-15-22-25-20-13-8-9-14-21(20)26(22)17-18-11-6-5-7-12-18/h5-9,11-14,19H,3-4,10,15-17H2,1-2H3,(H,24,27). The fraction of sp³-hybridized carbons (Fsp3) is 0.391. The van der Waals surface area contributed by atoms with Crippen LogP contribution in [0.1, 0.15) is 44.5 Å². The van der Waals surface area contributed by atoms with Crippen molar-refractivity contribution in [2.24, 2.45) is 5.92 Å². The van der Waals surface area contributed by atoms with Crippen LogP contribution in [0, 0.1) is 5.92 Å². The van der Waals surface area contributed by atoms with E-state index in [1.165, 1.54) is 5.56 Å². The maximum atomic E-state index is 12.1. The SMILES string of the molecule is CCC(CC)C(=O)NCCCc1nc2ccccc2n1Cc1ccccc1. The average Bonchev–Trinajstić information content (AvgIpc) is 3.04. The van der Waals surface area contributed by atoms with Gasteiger partial charge in [-0.25, -0.2) is 4.98 Å². The summed E-state index contributed by atoms with van der Waals surface area (Å²) in [6, 6.07) is 18.8. The van der Waals surface area contributed by atoms with Crippen LogP contribution in [-0.4, -0.2) is 22.0 Å². The third-order valence-corrected chi connectivity index (χ3v) is 5.15. The number of aryl methyl sites for hydroxylation is 1. The van der Waals surface area contributed by atoms with E-state index in [0.29, 0.717) is 6.54 Å². The molecule has 0 fully saturated rings. The molecule has 1 N–H and O–H groups in total. The smallest absolute Gasteiger partial charge is 0.223 e. The van der Waals surface area contributed by atoms with E-state index in [4.69, 9.17) is 4.98 Å². The zero-order valence-electron chi connectivity index (χ0n) is 16.3. The van der Waals surface area contributed by atoms with Crippen molar-refractivity contribution in [1.29, 1.82) is 0 Å². The second-order valence-electron chi connectivity index (χ2n) is 7.00. The Morgan fingerprint density at radius 2 is 1.74 bits per heavy atom. The highest BCUT2D eigenvalue weighted by Crippen LogP contribution is 2.19. The van der Waals surface area contributed by atoms with Gasteiger partial charge < -0.3 is 9.88 Å². The third-order valence-electron chi connectivity index (χ3n) is 5.15. The van der Waals surface area contributed by atoms with Gasteiger partial charge in [-0.1, -0.05) is 56.3 Å². The summed E-state index contributed by atoms with van der Waals surface area (Å²) in [4.78, 5) is 17.0. The van der Waals surface area contributed by atoms with Gasteiger partial charge >= 0.3 is 0 Å². The molecular weight excluding hydrogens is 334 g/mol. The summed E-state index contributed by atoms with van der Waals surface area (Å²) in [7, 11) is 0. The van der Waals surface area contributed by atoms with Gasteiger partial charge in [0.2, 0.25) is 5.91 Å². The van der Waals surface area contributed by atoms with E-state index >= 15 is 0 Å². The molecule has 0 bridgehead atoms. The number of hydrogen-bond donors (Lipinski definition) is 1. The van der Waals surface area contributed by atoms with Crippen LogP contribution in [0.15, 0.2) is 54.6 Å². The quantitative estimate of drug-likeness (QED) is 0.566. The number of nitrogens with one attached hydrogen (secondary N) is 1. The van der Waals surface area contributed by atoms with Crippen LogP contribution < -0.4 is 5.32 Å². The summed E-state index contributed by atoms with van der Waals surface area (Å²) >= 11 is 0. The van der Waals surface area contributed by atoms with Gasteiger partial charge in [0.05, 0.1) is 11.0 Å². The van der Waals surface area contributed by atoms with Crippen LogP contribution in [-0.2, 0) is 17.8 Å². The number of rotatable bonds is 9. The molecule has 142 valence electrons. The van der Waals surface area contributed by atoms with Gasteiger partial charge in [-0.15, -0.1) is 0 Å². The molecule has 0 atom stereocenters. The zero-order valence-corrected chi connectivity index (χ0v) is 16.3. The molecule has 0 unspecified atom stereocenters. The number of para-hydroxylation sites is 2. The predicted molar refractivity (Wildman–Crippen MR) is 111 cm³/mol. The first kappa shape index (κ1) is 19.2. The molecule has 4 heteroatoms. The minimum absolute atomic E-state index is 0.132. The lowest BCUT2D eigenvalue weighted by atomic mass is 10.0. The summed E-state index contributed by atoms with van der Waals surface area (Å²) in [5.74, 6) is 1.39. The molecule has 0 saturated heterocycles. The van der Waals surface area contributed by atoms with Gasteiger partial charge in [0.1, 0.15) is 5.82 Å². The normalized spacial score (nSPS) is 11.2. The molecule has 4 nitrogen and oxygen atoms in total. The first-order valence-electron chi connectivity index (χ1n) is 9.98. The lowest BCUT2D eigenvalue weighted by Gasteiger charge is -2.13. The number of carbonyl (C=O) groups excluding carboxylic acids is 1. The number of imidazole rings is 1. The Morgan fingerprint density at radius 3 is 2.48 bits per heavy atom. The third kappa shape index (κ3) is 4.76. The van der Waals surface area contributed by atoms with Gasteiger partial charge in [0, 0.05) is 25.4 Å².